The van der Waals surface area contributed by atoms with E-state index in [4.69, 9.17) is 11.6 Å². The Morgan fingerprint density at radius 3 is 2.33 bits per heavy atom. The number of benzene rings is 1. The van der Waals surface area contributed by atoms with Crippen LogP contribution < -0.4 is 0 Å². The van der Waals surface area contributed by atoms with Crippen LogP contribution in [-0.2, 0) is 6.42 Å². The molecule has 0 bridgehead atoms. The summed E-state index contributed by atoms with van der Waals surface area (Å²) in [6.45, 7) is 0. The van der Waals surface area contributed by atoms with Gasteiger partial charge in [0.15, 0.2) is 0 Å². The Morgan fingerprint density at radius 2 is 1.80 bits per heavy atom. The summed E-state index contributed by atoms with van der Waals surface area (Å²) < 4.78 is 0. The standard InChI is InChI=1S/C12H15ClO2/c13-10-5-1-8(2-6-10)7-11(14)12(15)9-3-4-9/h1-2,5-6,9,11-12,14-15H,3-4,7H2. The Balaban J connectivity index is 1.92. The van der Waals surface area contributed by atoms with E-state index in [0.717, 1.165) is 18.4 Å². The molecule has 1 aromatic rings. The lowest BCUT2D eigenvalue weighted by Gasteiger charge is -2.17. The Morgan fingerprint density at radius 1 is 1.20 bits per heavy atom. The molecule has 2 unspecified atom stereocenters. The van der Waals surface area contributed by atoms with Gasteiger partial charge in [-0.3, -0.25) is 0 Å². The van der Waals surface area contributed by atoms with E-state index in [1.807, 2.05) is 12.1 Å². The van der Waals surface area contributed by atoms with Gasteiger partial charge < -0.3 is 10.2 Å². The molecular weight excluding hydrogens is 212 g/mol. The Kier molecular flexibility index (Phi) is 3.29. The molecule has 1 fully saturated rings. The van der Waals surface area contributed by atoms with Crippen LogP contribution in [-0.4, -0.2) is 22.4 Å². The summed E-state index contributed by atoms with van der Waals surface area (Å²) in [5, 5.41) is 20.2. The summed E-state index contributed by atoms with van der Waals surface area (Å²) in [4.78, 5) is 0. The van der Waals surface area contributed by atoms with Gasteiger partial charge in [-0.05, 0) is 36.5 Å². The van der Waals surface area contributed by atoms with Crippen LogP contribution in [0.3, 0.4) is 0 Å². The van der Waals surface area contributed by atoms with Gasteiger partial charge in [-0.25, -0.2) is 0 Å². The van der Waals surface area contributed by atoms with Crippen molar-refractivity contribution in [2.45, 2.75) is 31.5 Å². The number of rotatable bonds is 4. The summed E-state index contributed by atoms with van der Waals surface area (Å²) in [7, 11) is 0. The second-order valence-electron chi connectivity index (χ2n) is 4.23. The van der Waals surface area contributed by atoms with Crippen molar-refractivity contribution < 1.29 is 10.2 Å². The molecule has 2 nitrogen and oxygen atoms in total. The van der Waals surface area contributed by atoms with Gasteiger partial charge in [0, 0.05) is 11.4 Å². The van der Waals surface area contributed by atoms with E-state index in [1.165, 1.54) is 0 Å². The topological polar surface area (TPSA) is 40.5 Å². The first-order valence-electron chi connectivity index (χ1n) is 5.27. The quantitative estimate of drug-likeness (QED) is 0.825. The molecule has 82 valence electrons. The Hall–Kier alpha value is -0.570. The SMILES string of the molecule is OC(Cc1ccc(Cl)cc1)C(O)C1CC1. The van der Waals surface area contributed by atoms with E-state index in [0.29, 0.717) is 17.4 Å². The first-order chi connectivity index (χ1) is 7.16. The highest BCUT2D eigenvalue weighted by Gasteiger charge is 2.34. The smallest absolute Gasteiger partial charge is 0.0842 e. The van der Waals surface area contributed by atoms with Crippen LogP contribution in [0.5, 0.6) is 0 Å². The molecule has 0 radical (unpaired) electrons. The molecule has 0 spiro atoms. The zero-order valence-corrected chi connectivity index (χ0v) is 9.19. The van der Waals surface area contributed by atoms with Gasteiger partial charge in [0.05, 0.1) is 12.2 Å². The lowest BCUT2D eigenvalue weighted by molar-refractivity contribution is 0.00673. The summed E-state index contributed by atoms with van der Waals surface area (Å²) in [5.74, 6) is 0.312. The van der Waals surface area contributed by atoms with Crippen molar-refractivity contribution in [3.8, 4) is 0 Å². The van der Waals surface area contributed by atoms with Crippen molar-refractivity contribution in [2.75, 3.05) is 0 Å². The third kappa shape index (κ3) is 2.94. The van der Waals surface area contributed by atoms with E-state index >= 15 is 0 Å². The van der Waals surface area contributed by atoms with Crippen molar-refractivity contribution in [1.82, 2.24) is 0 Å². The Labute approximate surface area is 94.5 Å². The highest BCUT2D eigenvalue weighted by molar-refractivity contribution is 6.30. The van der Waals surface area contributed by atoms with Gasteiger partial charge in [0.2, 0.25) is 0 Å². The van der Waals surface area contributed by atoms with Crippen molar-refractivity contribution in [3.05, 3.63) is 34.9 Å². The molecular formula is C12H15ClO2. The van der Waals surface area contributed by atoms with Crippen molar-refractivity contribution >= 4 is 11.6 Å². The van der Waals surface area contributed by atoms with E-state index in [2.05, 4.69) is 0 Å². The monoisotopic (exact) mass is 226 g/mol. The maximum atomic E-state index is 9.77. The fraction of sp³-hybridized carbons (Fsp3) is 0.500. The lowest BCUT2D eigenvalue weighted by Crippen LogP contribution is -2.29. The highest BCUT2D eigenvalue weighted by Crippen LogP contribution is 2.34. The minimum absolute atomic E-state index is 0.312. The normalized spacial score (nSPS) is 19.9. The first-order valence-corrected chi connectivity index (χ1v) is 5.65. The molecule has 1 aliphatic rings. The van der Waals surface area contributed by atoms with Gasteiger partial charge in [-0.1, -0.05) is 23.7 Å². The summed E-state index contributed by atoms with van der Waals surface area (Å²) in [5.41, 5.74) is 1.01. The van der Waals surface area contributed by atoms with Gasteiger partial charge in [0.1, 0.15) is 0 Å². The minimum Gasteiger partial charge on any atom is -0.390 e. The number of hydrogen-bond acceptors (Lipinski definition) is 2. The second kappa shape index (κ2) is 4.52. The predicted octanol–water partition coefficient (Wildman–Crippen LogP) is 2.01. The van der Waals surface area contributed by atoms with E-state index in [-0.39, 0.29) is 0 Å². The van der Waals surface area contributed by atoms with E-state index in [1.54, 1.807) is 12.1 Å². The third-order valence-corrected chi connectivity index (χ3v) is 3.11. The fourth-order valence-corrected chi connectivity index (χ4v) is 1.86. The summed E-state index contributed by atoms with van der Waals surface area (Å²) in [6.07, 6.45) is 1.35. The maximum absolute atomic E-state index is 9.77. The van der Waals surface area contributed by atoms with Crippen LogP contribution in [0, 0.1) is 5.92 Å². The van der Waals surface area contributed by atoms with Crippen LogP contribution in [0.4, 0.5) is 0 Å². The molecule has 1 aliphatic carbocycles. The van der Waals surface area contributed by atoms with Crippen LogP contribution in [0.15, 0.2) is 24.3 Å². The molecule has 2 rings (SSSR count). The molecule has 0 amide bonds. The van der Waals surface area contributed by atoms with Gasteiger partial charge in [-0.2, -0.15) is 0 Å². The number of halogens is 1. The van der Waals surface area contributed by atoms with Crippen LogP contribution in [0.1, 0.15) is 18.4 Å². The molecule has 2 atom stereocenters. The zero-order valence-electron chi connectivity index (χ0n) is 8.44. The van der Waals surface area contributed by atoms with E-state index in [9.17, 15) is 10.2 Å². The molecule has 15 heavy (non-hydrogen) atoms. The molecule has 0 aromatic heterocycles. The molecule has 0 saturated heterocycles. The summed E-state index contributed by atoms with van der Waals surface area (Å²) in [6, 6.07) is 7.36. The van der Waals surface area contributed by atoms with Gasteiger partial charge >= 0.3 is 0 Å². The Bertz CT molecular complexity index is 319. The average molecular weight is 227 g/mol. The van der Waals surface area contributed by atoms with Crippen molar-refractivity contribution in [1.29, 1.82) is 0 Å². The van der Waals surface area contributed by atoms with Crippen LogP contribution >= 0.6 is 11.6 Å². The predicted molar refractivity (Wildman–Crippen MR) is 59.9 cm³/mol. The van der Waals surface area contributed by atoms with Crippen molar-refractivity contribution in [3.63, 3.8) is 0 Å². The van der Waals surface area contributed by atoms with Gasteiger partial charge in [0.25, 0.3) is 0 Å². The first kappa shape index (κ1) is 10.9. The molecule has 0 aliphatic heterocycles. The second-order valence-corrected chi connectivity index (χ2v) is 4.66. The number of aliphatic hydroxyl groups is 2. The van der Waals surface area contributed by atoms with Crippen molar-refractivity contribution in [2.24, 2.45) is 5.92 Å². The summed E-state index contributed by atoms with van der Waals surface area (Å²) >= 11 is 5.76. The molecule has 2 N–H and O–H groups in total. The number of hydrogen-bond donors (Lipinski definition) is 2. The molecule has 1 saturated carbocycles. The molecule has 0 heterocycles. The molecule has 1 aromatic carbocycles. The largest absolute Gasteiger partial charge is 0.390 e. The van der Waals surface area contributed by atoms with Crippen LogP contribution in [0.25, 0.3) is 0 Å². The maximum Gasteiger partial charge on any atom is 0.0842 e. The average Bonchev–Trinajstić information content (AvgIpc) is 3.04. The highest BCUT2D eigenvalue weighted by atomic mass is 35.5. The zero-order chi connectivity index (χ0) is 10.8. The number of aliphatic hydroxyl groups excluding tert-OH is 2. The fourth-order valence-electron chi connectivity index (χ4n) is 1.73. The molecule has 3 heteroatoms. The van der Waals surface area contributed by atoms with Crippen LogP contribution in [0.2, 0.25) is 5.02 Å². The van der Waals surface area contributed by atoms with E-state index < -0.39 is 12.2 Å². The van der Waals surface area contributed by atoms with Gasteiger partial charge in [-0.15, -0.1) is 0 Å². The third-order valence-electron chi connectivity index (χ3n) is 2.86. The lowest BCUT2D eigenvalue weighted by atomic mass is 10.0. The minimum atomic E-state index is -0.654.